The number of fused-ring (bicyclic) bond motifs is 1. The summed E-state index contributed by atoms with van der Waals surface area (Å²) < 4.78 is 5.98. The molecule has 1 aromatic heterocycles. The summed E-state index contributed by atoms with van der Waals surface area (Å²) in [6, 6.07) is 13.0. The summed E-state index contributed by atoms with van der Waals surface area (Å²) in [7, 11) is 0. The van der Waals surface area contributed by atoms with Crippen LogP contribution < -0.4 is 0 Å². The number of rotatable bonds is 2. The second kappa shape index (κ2) is 7.48. The molecule has 0 saturated carbocycles. The van der Waals surface area contributed by atoms with Crippen molar-refractivity contribution in [3.05, 3.63) is 65.5 Å². The lowest BCUT2D eigenvalue weighted by atomic mass is 10.1. The van der Waals surface area contributed by atoms with Gasteiger partial charge in [-0.3, -0.25) is 14.6 Å². The van der Waals surface area contributed by atoms with E-state index in [4.69, 9.17) is 4.74 Å². The van der Waals surface area contributed by atoms with E-state index in [-0.39, 0.29) is 23.8 Å². The van der Waals surface area contributed by atoms with Gasteiger partial charge in [-0.2, -0.15) is 0 Å². The van der Waals surface area contributed by atoms with Gasteiger partial charge in [0.15, 0.2) is 0 Å². The molecule has 0 unspecified atom stereocenters. The van der Waals surface area contributed by atoms with Crippen LogP contribution in [0.4, 0.5) is 0 Å². The van der Waals surface area contributed by atoms with Crippen molar-refractivity contribution in [3.8, 4) is 0 Å². The van der Waals surface area contributed by atoms with Gasteiger partial charge in [0.1, 0.15) is 0 Å². The number of likely N-dealkylation sites (tertiary alicyclic amines) is 1. The summed E-state index contributed by atoms with van der Waals surface area (Å²) in [5, 5.41) is 0. The Hall–Kier alpha value is -2.73. The molecule has 2 aromatic rings. The number of carbonyl (C=O) groups excluding carboxylic acids is 2. The van der Waals surface area contributed by atoms with Gasteiger partial charge in [0.2, 0.25) is 0 Å². The third kappa shape index (κ3) is 3.71. The molecule has 6 nitrogen and oxygen atoms in total. The summed E-state index contributed by atoms with van der Waals surface area (Å²) >= 11 is 0. The van der Waals surface area contributed by atoms with Gasteiger partial charge in [-0.05, 0) is 31.2 Å². The van der Waals surface area contributed by atoms with Crippen LogP contribution in [0.1, 0.15) is 26.4 Å². The van der Waals surface area contributed by atoms with E-state index in [2.05, 4.69) is 4.98 Å². The SMILES string of the molecule is Cc1ccc(C(=O)N2C[C@@H]3CN(C(=O)c4ccccc4)CCO[C@@H]3C2)cn1. The van der Waals surface area contributed by atoms with Gasteiger partial charge >= 0.3 is 0 Å². The summed E-state index contributed by atoms with van der Waals surface area (Å²) in [6.45, 7) is 4.73. The molecular formula is C21H23N3O3. The summed E-state index contributed by atoms with van der Waals surface area (Å²) in [5.41, 5.74) is 2.17. The Morgan fingerprint density at radius 3 is 2.44 bits per heavy atom. The van der Waals surface area contributed by atoms with E-state index < -0.39 is 0 Å². The molecule has 2 aliphatic heterocycles. The minimum absolute atomic E-state index is 0.0207. The van der Waals surface area contributed by atoms with Crippen LogP contribution in [0.2, 0.25) is 0 Å². The van der Waals surface area contributed by atoms with Crippen molar-refractivity contribution in [2.75, 3.05) is 32.8 Å². The van der Waals surface area contributed by atoms with Gasteiger partial charge in [0, 0.05) is 49.6 Å². The second-order valence-electron chi connectivity index (χ2n) is 7.18. The Morgan fingerprint density at radius 2 is 1.70 bits per heavy atom. The highest BCUT2D eigenvalue weighted by molar-refractivity contribution is 5.95. The van der Waals surface area contributed by atoms with Crippen LogP contribution in [0.15, 0.2) is 48.7 Å². The first-order chi connectivity index (χ1) is 13.1. The Kier molecular flexibility index (Phi) is 4.90. The molecule has 27 heavy (non-hydrogen) atoms. The molecule has 2 aliphatic rings. The fourth-order valence-electron chi connectivity index (χ4n) is 3.78. The van der Waals surface area contributed by atoms with Gasteiger partial charge in [0.25, 0.3) is 11.8 Å². The highest BCUT2D eigenvalue weighted by Crippen LogP contribution is 2.25. The van der Waals surface area contributed by atoms with Crippen molar-refractivity contribution >= 4 is 11.8 Å². The average molecular weight is 365 g/mol. The summed E-state index contributed by atoms with van der Waals surface area (Å²) in [5.74, 6) is 0.120. The highest BCUT2D eigenvalue weighted by Gasteiger charge is 2.39. The standard InChI is InChI=1S/C21H23N3O3/c1-15-7-8-17(11-22-15)21(26)24-13-18-12-23(9-10-27-19(18)14-24)20(25)16-5-3-2-4-6-16/h2-8,11,18-19H,9-10,12-14H2,1H3/t18-,19+/m0/s1. The number of benzene rings is 1. The Labute approximate surface area is 158 Å². The van der Waals surface area contributed by atoms with Crippen molar-refractivity contribution < 1.29 is 14.3 Å². The van der Waals surface area contributed by atoms with E-state index in [0.29, 0.717) is 43.9 Å². The number of ether oxygens (including phenoxy) is 1. The Bertz CT molecular complexity index is 822. The lowest BCUT2D eigenvalue weighted by molar-refractivity contribution is 0.0477. The first kappa shape index (κ1) is 17.7. The van der Waals surface area contributed by atoms with Gasteiger partial charge < -0.3 is 14.5 Å². The number of hydrogen-bond donors (Lipinski definition) is 0. The van der Waals surface area contributed by atoms with Gasteiger partial charge in [0.05, 0.1) is 18.3 Å². The molecule has 0 radical (unpaired) electrons. The number of aromatic nitrogens is 1. The van der Waals surface area contributed by atoms with Crippen molar-refractivity contribution in [2.45, 2.75) is 13.0 Å². The maximum atomic E-state index is 12.8. The van der Waals surface area contributed by atoms with E-state index in [0.717, 1.165) is 5.69 Å². The fraction of sp³-hybridized carbons (Fsp3) is 0.381. The van der Waals surface area contributed by atoms with Crippen LogP contribution in [0.5, 0.6) is 0 Å². The largest absolute Gasteiger partial charge is 0.374 e. The molecule has 2 fully saturated rings. The molecule has 3 heterocycles. The maximum absolute atomic E-state index is 12.8. The highest BCUT2D eigenvalue weighted by atomic mass is 16.5. The van der Waals surface area contributed by atoms with Crippen molar-refractivity contribution in [2.24, 2.45) is 5.92 Å². The van der Waals surface area contributed by atoms with Crippen molar-refractivity contribution in [1.82, 2.24) is 14.8 Å². The number of pyridine rings is 1. The van der Waals surface area contributed by atoms with Gasteiger partial charge in [-0.25, -0.2) is 0 Å². The van der Waals surface area contributed by atoms with Crippen LogP contribution in [0, 0.1) is 12.8 Å². The lowest BCUT2D eigenvalue weighted by Crippen LogP contribution is -2.38. The number of nitrogens with zero attached hydrogens (tertiary/aromatic N) is 3. The number of amides is 2. The zero-order chi connectivity index (χ0) is 18.8. The van der Waals surface area contributed by atoms with E-state index in [9.17, 15) is 9.59 Å². The molecule has 0 spiro atoms. The third-order valence-corrected chi connectivity index (χ3v) is 5.28. The van der Waals surface area contributed by atoms with Crippen molar-refractivity contribution in [3.63, 3.8) is 0 Å². The van der Waals surface area contributed by atoms with Gasteiger partial charge in [-0.15, -0.1) is 0 Å². The molecule has 2 saturated heterocycles. The summed E-state index contributed by atoms with van der Waals surface area (Å²) in [6.07, 6.45) is 1.60. The first-order valence-corrected chi connectivity index (χ1v) is 9.29. The Morgan fingerprint density at radius 1 is 0.963 bits per heavy atom. The van der Waals surface area contributed by atoms with Gasteiger partial charge in [-0.1, -0.05) is 18.2 Å². The minimum Gasteiger partial charge on any atom is -0.374 e. The van der Waals surface area contributed by atoms with Crippen molar-refractivity contribution in [1.29, 1.82) is 0 Å². The molecule has 6 heteroatoms. The molecule has 0 bridgehead atoms. The van der Waals surface area contributed by atoms with Crippen LogP contribution in [0.3, 0.4) is 0 Å². The molecule has 140 valence electrons. The summed E-state index contributed by atoms with van der Waals surface area (Å²) in [4.78, 5) is 33.4. The first-order valence-electron chi connectivity index (χ1n) is 9.29. The number of carbonyl (C=O) groups is 2. The topological polar surface area (TPSA) is 62.7 Å². The quantitative estimate of drug-likeness (QED) is 0.817. The molecular weight excluding hydrogens is 342 g/mol. The smallest absolute Gasteiger partial charge is 0.255 e. The zero-order valence-electron chi connectivity index (χ0n) is 15.4. The zero-order valence-corrected chi connectivity index (χ0v) is 15.4. The molecule has 2 atom stereocenters. The molecule has 0 aliphatic carbocycles. The Balaban J connectivity index is 1.45. The predicted molar refractivity (Wildman–Crippen MR) is 100 cm³/mol. The molecule has 1 aromatic carbocycles. The van der Waals surface area contributed by atoms with E-state index in [1.807, 2.05) is 59.2 Å². The number of hydrogen-bond acceptors (Lipinski definition) is 4. The molecule has 4 rings (SSSR count). The third-order valence-electron chi connectivity index (χ3n) is 5.28. The van der Waals surface area contributed by atoms with E-state index in [1.54, 1.807) is 6.20 Å². The minimum atomic E-state index is -0.0277. The van der Waals surface area contributed by atoms with Crippen LogP contribution in [-0.2, 0) is 4.74 Å². The van der Waals surface area contributed by atoms with Crippen LogP contribution in [0.25, 0.3) is 0 Å². The van der Waals surface area contributed by atoms with Crippen LogP contribution >= 0.6 is 0 Å². The normalized spacial score (nSPS) is 22.3. The lowest BCUT2D eigenvalue weighted by Gasteiger charge is -2.23. The van der Waals surface area contributed by atoms with Crippen LogP contribution in [-0.4, -0.2) is 65.5 Å². The molecule has 2 amide bonds. The monoisotopic (exact) mass is 365 g/mol. The second-order valence-corrected chi connectivity index (χ2v) is 7.18. The fourth-order valence-corrected chi connectivity index (χ4v) is 3.78. The van der Waals surface area contributed by atoms with E-state index in [1.165, 1.54) is 0 Å². The predicted octanol–water partition coefficient (Wildman–Crippen LogP) is 2.00. The number of aryl methyl sites for hydroxylation is 1. The maximum Gasteiger partial charge on any atom is 0.255 e. The van der Waals surface area contributed by atoms with E-state index >= 15 is 0 Å². The molecule has 0 N–H and O–H groups in total. The average Bonchev–Trinajstić information content (AvgIpc) is 2.99.